The van der Waals surface area contributed by atoms with Gasteiger partial charge < -0.3 is 9.52 Å². The van der Waals surface area contributed by atoms with Crippen molar-refractivity contribution in [1.29, 1.82) is 0 Å². The molecule has 0 radical (unpaired) electrons. The average Bonchev–Trinajstić information content (AvgIpc) is 2.59. The van der Waals surface area contributed by atoms with E-state index >= 15 is 0 Å². The standard InChI is InChI=1S/C19H16N2O4/c1-11-3-5-13(6-4-11)18(23)21-20-12(2)16-9-14-7-8-15(22)10-17(14)25-19(16)24/h3-10,22H,1-2H3,(H,21,23). The molecule has 0 bridgehead atoms. The first kappa shape index (κ1) is 16.4. The minimum absolute atomic E-state index is 0.0131. The molecular formula is C19H16N2O4. The highest BCUT2D eigenvalue weighted by Crippen LogP contribution is 2.19. The molecule has 0 spiro atoms. The summed E-state index contributed by atoms with van der Waals surface area (Å²) in [6.45, 7) is 3.54. The third-order valence-electron chi connectivity index (χ3n) is 3.75. The van der Waals surface area contributed by atoms with E-state index in [1.807, 2.05) is 19.1 Å². The fourth-order valence-electron chi connectivity index (χ4n) is 2.32. The maximum atomic E-state index is 12.1. The second kappa shape index (κ2) is 6.60. The van der Waals surface area contributed by atoms with Crippen molar-refractivity contribution in [1.82, 2.24) is 5.43 Å². The van der Waals surface area contributed by atoms with E-state index in [9.17, 15) is 14.7 Å². The summed E-state index contributed by atoms with van der Waals surface area (Å²) in [4.78, 5) is 24.2. The van der Waals surface area contributed by atoms with Crippen molar-refractivity contribution in [2.24, 2.45) is 5.10 Å². The van der Waals surface area contributed by atoms with Gasteiger partial charge in [-0.3, -0.25) is 4.79 Å². The maximum Gasteiger partial charge on any atom is 0.345 e. The van der Waals surface area contributed by atoms with Crippen molar-refractivity contribution in [3.05, 3.63) is 75.6 Å². The molecular weight excluding hydrogens is 320 g/mol. The molecule has 3 aromatic rings. The lowest BCUT2D eigenvalue weighted by Gasteiger charge is -2.04. The van der Waals surface area contributed by atoms with Gasteiger partial charge in [0.2, 0.25) is 0 Å². The number of amides is 1. The van der Waals surface area contributed by atoms with Crippen LogP contribution in [0.15, 0.2) is 62.8 Å². The van der Waals surface area contributed by atoms with Crippen LogP contribution in [-0.4, -0.2) is 16.7 Å². The summed E-state index contributed by atoms with van der Waals surface area (Å²) in [7, 11) is 0. The lowest BCUT2D eigenvalue weighted by Crippen LogP contribution is -2.21. The average molecular weight is 336 g/mol. The number of hydrazone groups is 1. The molecule has 0 aliphatic carbocycles. The van der Waals surface area contributed by atoms with Crippen molar-refractivity contribution in [3.8, 4) is 5.75 Å². The van der Waals surface area contributed by atoms with Gasteiger partial charge in [0, 0.05) is 17.0 Å². The van der Waals surface area contributed by atoms with Gasteiger partial charge in [-0.05, 0) is 44.2 Å². The fourth-order valence-corrected chi connectivity index (χ4v) is 2.32. The van der Waals surface area contributed by atoms with Gasteiger partial charge in [0.05, 0.1) is 11.3 Å². The first-order chi connectivity index (χ1) is 11.9. The molecule has 6 heteroatoms. The van der Waals surface area contributed by atoms with Gasteiger partial charge in [-0.15, -0.1) is 0 Å². The number of nitrogens with one attached hydrogen (secondary N) is 1. The van der Waals surface area contributed by atoms with Crippen LogP contribution >= 0.6 is 0 Å². The zero-order valence-electron chi connectivity index (χ0n) is 13.7. The monoisotopic (exact) mass is 336 g/mol. The number of fused-ring (bicyclic) bond motifs is 1. The zero-order valence-corrected chi connectivity index (χ0v) is 13.7. The third kappa shape index (κ3) is 3.58. The Hall–Kier alpha value is -3.41. The van der Waals surface area contributed by atoms with Crippen LogP contribution in [0, 0.1) is 6.92 Å². The molecule has 2 aromatic carbocycles. The number of hydrogen-bond donors (Lipinski definition) is 2. The first-order valence-corrected chi connectivity index (χ1v) is 7.62. The van der Waals surface area contributed by atoms with Crippen LogP contribution in [0.1, 0.15) is 28.4 Å². The summed E-state index contributed by atoms with van der Waals surface area (Å²) in [6.07, 6.45) is 0. The number of nitrogens with zero attached hydrogens (tertiary/aromatic N) is 1. The number of aromatic hydroxyl groups is 1. The molecule has 0 aliphatic rings. The second-order valence-electron chi connectivity index (χ2n) is 5.67. The maximum absolute atomic E-state index is 12.1. The SMILES string of the molecule is CC(=NNC(=O)c1ccc(C)cc1)c1cc2ccc(O)cc2oc1=O. The molecule has 0 saturated carbocycles. The van der Waals surface area contributed by atoms with Crippen LogP contribution < -0.4 is 11.1 Å². The number of rotatable bonds is 3. The van der Waals surface area contributed by atoms with E-state index in [1.54, 1.807) is 31.2 Å². The zero-order chi connectivity index (χ0) is 18.0. The summed E-state index contributed by atoms with van der Waals surface area (Å²) in [5, 5.41) is 14.1. The molecule has 25 heavy (non-hydrogen) atoms. The van der Waals surface area contributed by atoms with Gasteiger partial charge in [-0.1, -0.05) is 17.7 Å². The molecule has 1 aromatic heterocycles. The highest BCUT2D eigenvalue weighted by Gasteiger charge is 2.10. The largest absolute Gasteiger partial charge is 0.508 e. The summed E-state index contributed by atoms with van der Waals surface area (Å²) < 4.78 is 5.19. The molecule has 0 unspecified atom stereocenters. The molecule has 6 nitrogen and oxygen atoms in total. The van der Waals surface area contributed by atoms with Crippen LogP contribution in [0.2, 0.25) is 0 Å². The Morgan fingerprint density at radius 3 is 2.56 bits per heavy atom. The quantitative estimate of drug-likeness (QED) is 0.437. The number of hydrogen-bond acceptors (Lipinski definition) is 5. The minimum atomic E-state index is -0.594. The predicted octanol–water partition coefficient (Wildman–Crippen LogP) is 2.96. The molecule has 1 heterocycles. The van der Waals surface area contributed by atoms with Gasteiger partial charge in [-0.25, -0.2) is 10.2 Å². The van der Waals surface area contributed by atoms with Crippen LogP contribution in [0.4, 0.5) is 0 Å². The smallest absolute Gasteiger partial charge is 0.345 e. The second-order valence-corrected chi connectivity index (χ2v) is 5.67. The van der Waals surface area contributed by atoms with E-state index in [-0.39, 0.29) is 22.8 Å². The van der Waals surface area contributed by atoms with Crippen LogP contribution in [0.5, 0.6) is 5.75 Å². The van der Waals surface area contributed by atoms with Gasteiger partial charge in [-0.2, -0.15) is 5.10 Å². The molecule has 2 N–H and O–H groups in total. The number of carbonyl (C=O) groups excluding carboxylic acids is 1. The van der Waals surface area contributed by atoms with Crippen molar-refractivity contribution < 1.29 is 14.3 Å². The van der Waals surface area contributed by atoms with Crippen LogP contribution in [0.25, 0.3) is 11.0 Å². The third-order valence-corrected chi connectivity index (χ3v) is 3.75. The van der Waals surface area contributed by atoms with Crippen molar-refractivity contribution in [3.63, 3.8) is 0 Å². The highest BCUT2D eigenvalue weighted by molar-refractivity contribution is 6.02. The van der Waals surface area contributed by atoms with E-state index in [1.165, 1.54) is 12.1 Å². The number of carbonyl (C=O) groups is 1. The Morgan fingerprint density at radius 2 is 1.84 bits per heavy atom. The summed E-state index contributed by atoms with van der Waals surface area (Å²) >= 11 is 0. The number of aryl methyl sites for hydroxylation is 1. The van der Waals surface area contributed by atoms with Crippen LogP contribution in [0.3, 0.4) is 0 Å². The van der Waals surface area contributed by atoms with Gasteiger partial charge in [0.25, 0.3) is 5.91 Å². The molecule has 0 atom stereocenters. The topological polar surface area (TPSA) is 91.9 Å². The molecule has 1 amide bonds. The van der Waals surface area contributed by atoms with Gasteiger partial charge >= 0.3 is 5.63 Å². The van der Waals surface area contributed by atoms with Crippen LogP contribution in [-0.2, 0) is 0 Å². The van der Waals surface area contributed by atoms with Gasteiger partial charge in [0.1, 0.15) is 11.3 Å². The first-order valence-electron chi connectivity index (χ1n) is 7.62. The number of phenolic OH excluding ortho intramolecular Hbond substituents is 1. The van der Waals surface area contributed by atoms with Gasteiger partial charge in [0.15, 0.2) is 0 Å². The molecule has 3 rings (SSSR count). The summed E-state index contributed by atoms with van der Waals surface area (Å²) in [5.41, 5.74) is 4.21. The predicted molar refractivity (Wildman–Crippen MR) is 95.0 cm³/mol. The van der Waals surface area contributed by atoms with E-state index < -0.39 is 5.63 Å². The van der Waals surface area contributed by atoms with Crippen molar-refractivity contribution >= 4 is 22.6 Å². The van der Waals surface area contributed by atoms with Crippen molar-refractivity contribution in [2.75, 3.05) is 0 Å². The van der Waals surface area contributed by atoms with Crippen molar-refractivity contribution in [2.45, 2.75) is 13.8 Å². The Labute approximate surface area is 143 Å². The lowest BCUT2D eigenvalue weighted by molar-refractivity contribution is 0.0955. The minimum Gasteiger partial charge on any atom is -0.508 e. The summed E-state index contributed by atoms with van der Waals surface area (Å²) in [6, 6.07) is 13.2. The number of phenols is 1. The van der Waals surface area contributed by atoms with E-state index in [2.05, 4.69) is 10.5 Å². The Balaban J connectivity index is 1.87. The number of benzene rings is 2. The Kier molecular flexibility index (Phi) is 4.35. The molecule has 0 fully saturated rings. The normalized spacial score (nSPS) is 11.5. The Bertz CT molecular complexity index is 1030. The van der Waals surface area contributed by atoms with E-state index in [4.69, 9.17) is 4.42 Å². The fraction of sp³-hybridized carbons (Fsp3) is 0.105. The van der Waals surface area contributed by atoms with E-state index in [0.29, 0.717) is 16.7 Å². The molecule has 0 saturated heterocycles. The molecule has 126 valence electrons. The Morgan fingerprint density at radius 1 is 1.12 bits per heavy atom. The lowest BCUT2D eigenvalue weighted by atomic mass is 10.1. The van der Waals surface area contributed by atoms with E-state index in [0.717, 1.165) is 5.56 Å². The molecule has 0 aliphatic heterocycles. The summed E-state index contributed by atoms with van der Waals surface area (Å²) in [5.74, 6) is -0.353. The highest BCUT2D eigenvalue weighted by atomic mass is 16.4.